The summed E-state index contributed by atoms with van der Waals surface area (Å²) < 4.78 is 5.34. The number of urea groups is 1. The predicted molar refractivity (Wildman–Crippen MR) is 84.8 cm³/mol. The van der Waals surface area contributed by atoms with Crippen LogP contribution in [0.3, 0.4) is 0 Å². The van der Waals surface area contributed by atoms with Crippen molar-refractivity contribution in [3.8, 4) is 5.75 Å². The maximum atomic E-state index is 12.1. The van der Waals surface area contributed by atoms with E-state index >= 15 is 0 Å². The Hall–Kier alpha value is -2.32. The minimum Gasteiger partial charge on any atom is -0.482 e. The maximum Gasteiger partial charge on any atom is 0.319 e. The number of fused-ring (bicyclic) bond motifs is 1. The first kappa shape index (κ1) is 15.6. The van der Waals surface area contributed by atoms with Gasteiger partial charge in [-0.1, -0.05) is 0 Å². The van der Waals surface area contributed by atoms with Crippen molar-refractivity contribution in [2.75, 3.05) is 37.0 Å². The molecule has 2 aliphatic rings. The lowest BCUT2D eigenvalue weighted by Crippen LogP contribution is -2.54. The second-order valence-corrected chi connectivity index (χ2v) is 5.69. The zero-order valence-corrected chi connectivity index (χ0v) is 12.8. The largest absolute Gasteiger partial charge is 0.482 e. The number of aliphatic hydroxyl groups is 1. The molecular weight excluding hydrogens is 300 g/mol. The number of piperidine rings is 1. The molecular formula is C15H20N4O4. The molecule has 1 aromatic carbocycles. The first-order chi connectivity index (χ1) is 11.0. The third kappa shape index (κ3) is 3.38. The summed E-state index contributed by atoms with van der Waals surface area (Å²) in [6, 6.07) is 4.38. The van der Waals surface area contributed by atoms with Gasteiger partial charge in [0.2, 0.25) is 0 Å². The summed E-state index contributed by atoms with van der Waals surface area (Å²) in [6.07, 6.45) is 0.0521. The van der Waals surface area contributed by atoms with E-state index in [-0.39, 0.29) is 18.6 Å². The quantitative estimate of drug-likeness (QED) is 0.609. The van der Waals surface area contributed by atoms with Crippen molar-refractivity contribution in [3.05, 3.63) is 18.2 Å². The molecule has 23 heavy (non-hydrogen) atoms. The van der Waals surface area contributed by atoms with Crippen LogP contribution in [0.2, 0.25) is 0 Å². The Morgan fingerprint density at radius 3 is 3.09 bits per heavy atom. The SMILES string of the molecule is CN1C(=O)COc2ccc(NC(=O)N[C@@H]3CNCC[C@H]3O)cc21. The van der Waals surface area contributed by atoms with Crippen molar-refractivity contribution in [1.29, 1.82) is 0 Å². The zero-order chi connectivity index (χ0) is 16.4. The molecule has 1 fully saturated rings. The molecule has 4 N–H and O–H groups in total. The van der Waals surface area contributed by atoms with Crippen LogP contribution in [-0.2, 0) is 4.79 Å². The Morgan fingerprint density at radius 1 is 1.48 bits per heavy atom. The zero-order valence-electron chi connectivity index (χ0n) is 12.8. The number of carbonyl (C=O) groups excluding carboxylic acids is 2. The molecule has 124 valence electrons. The van der Waals surface area contributed by atoms with Crippen LogP contribution in [0.4, 0.5) is 16.2 Å². The second-order valence-electron chi connectivity index (χ2n) is 5.69. The lowest BCUT2D eigenvalue weighted by Gasteiger charge is -2.29. The van der Waals surface area contributed by atoms with Gasteiger partial charge in [-0.25, -0.2) is 4.79 Å². The highest BCUT2D eigenvalue weighted by atomic mass is 16.5. The number of hydrogen-bond acceptors (Lipinski definition) is 5. The van der Waals surface area contributed by atoms with E-state index in [1.807, 2.05) is 0 Å². The van der Waals surface area contributed by atoms with Crippen LogP contribution in [0.1, 0.15) is 6.42 Å². The van der Waals surface area contributed by atoms with Crippen LogP contribution in [0.5, 0.6) is 5.75 Å². The first-order valence-electron chi connectivity index (χ1n) is 7.54. The van der Waals surface area contributed by atoms with Gasteiger partial charge in [0, 0.05) is 19.3 Å². The Bertz CT molecular complexity index is 621. The van der Waals surface area contributed by atoms with Crippen molar-refractivity contribution in [1.82, 2.24) is 10.6 Å². The van der Waals surface area contributed by atoms with Gasteiger partial charge in [0.1, 0.15) is 5.75 Å². The molecule has 0 saturated carbocycles. The third-order valence-corrected chi connectivity index (χ3v) is 4.07. The summed E-state index contributed by atoms with van der Waals surface area (Å²) in [4.78, 5) is 25.2. The highest BCUT2D eigenvalue weighted by molar-refractivity contribution is 5.99. The summed E-state index contributed by atoms with van der Waals surface area (Å²) in [5, 5.41) is 18.4. The van der Waals surface area contributed by atoms with Crippen LogP contribution in [0.25, 0.3) is 0 Å². The van der Waals surface area contributed by atoms with Gasteiger partial charge in [-0.05, 0) is 31.2 Å². The lowest BCUT2D eigenvalue weighted by molar-refractivity contribution is -0.120. The number of anilines is 2. The molecule has 8 nitrogen and oxygen atoms in total. The first-order valence-corrected chi connectivity index (χ1v) is 7.54. The molecule has 3 rings (SSSR count). The van der Waals surface area contributed by atoms with Gasteiger partial charge in [0.25, 0.3) is 5.91 Å². The van der Waals surface area contributed by atoms with E-state index in [0.29, 0.717) is 30.1 Å². The number of likely N-dealkylation sites (N-methyl/N-ethyl adjacent to an activating group) is 1. The summed E-state index contributed by atoms with van der Waals surface area (Å²) in [7, 11) is 1.66. The maximum absolute atomic E-state index is 12.1. The van der Waals surface area contributed by atoms with Gasteiger partial charge in [-0.3, -0.25) is 4.79 Å². The van der Waals surface area contributed by atoms with Crippen molar-refractivity contribution in [3.63, 3.8) is 0 Å². The summed E-state index contributed by atoms with van der Waals surface area (Å²) in [5.41, 5.74) is 1.16. The topological polar surface area (TPSA) is 103 Å². The van der Waals surface area contributed by atoms with E-state index < -0.39 is 12.1 Å². The van der Waals surface area contributed by atoms with E-state index in [1.54, 1.807) is 25.2 Å². The van der Waals surface area contributed by atoms with E-state index in [9.17, 15) is 14.7 Å². The molecule has 0 aliphatic carbocycles. The van der Waals surface area contributed by atoms with Gasteiger partial charge in [0.05, 0.1) is 17.8 Å². The summed E-state index contributed by atoms with van der Waals surface area (Å²) in [6.45, 7) is 1.29. The van der Waals surface area contributed by atoms with E-state index in [0.717, 1.165) is 6.54 Å². The highest BCUT2D eigenvalue weighted by Crippen LogP contribution is 2.33. The van der Waals surface area contributed by atoms with Gasteiger partial charge in [0.15, 0.2) is 6.61 Å². The molecule has 2 aliphatic heterocycles. The minimum atomic E-state index is -0.553. The Balaban J connectivity index is 1.66. The van der Waals surface area contributed by atoms with E-state index in [4.69, 9.17) is 4.74 Å². The third-order valence-electron chi connectivity index (χ3n) is 4.07. The summed E-state index contributed by atoms with van der Waals surface area (Å²) in [5.74, 6) is 0.459. The average molecular weight is 320 g/mol. The van der Waals surface area contributed by atoms with Gasteiger partial charge in [-0.15, -0.1) is 0 Å². The van der Waals surface area contributed by atoms with Crippen molar-refractivity contribution in [2.45, 2.75) is 18.6 Å². The molecule has 3 amide bonds. The fraction of sp³-hybridized carbons (Fsp3) is 0.467. The number of amides is 3. The van der Waals surface area contributed by atoms with Crippen molar-refractivity contribution >= 4 is 23.3 Å². The standard InChI is InChI=1S/C15H20N4O4/c1-19-11-6-9(2-3-13(11)23-8-14(19)21)17-15(22)18-10-7-16-5-4-12(10)20/h2-3,6,10,12,16,20H,4-5,7-8H2,1H3,(H2,17,18,22)/t10-,12-/m1/s1. The molecule has 8 heteroatoms. The second kappa shape index (κ2) is 6.43. The molecule has 0 spiro atoms. The molecule has 2 atom stereocenters. The van der Waals surface area contributed by atoms with Gasteiger partial charge >= 0.3 is 6.03 Å². The number of aliphatic hydroxyl groups excluding tert-OH is 1. The van der Waals surface area contributed by atoms with Gasteiger partial charge < -0.3 is 30.7 Å². The van der Waals surface area contributed by atoms with Crippen LogP contribution < -0.4 is 25.6 Å². The van der Waals surface area contributed by atoms with Crippen LogP contribution >= 0.6 is 0 Å². The Morgan fingerprint density at radius 2 is 2.30 bits per heavy atom. The molecule has 0 aromatic heterocycles. The normalized spacial score (nSPS) is 23.7. The number of carbonyl (C=O) groups is 2. The van der Waals surface area contributed by atoms with Crippen LogP contribution in [-0.4, -0.2) is 55.9 Å². The predicted octanol–water partition coefficient (Wildman–Crippen LogP) is -0.114. The van der Waals surface area contributed by atoms with Crippen LogP contribution in [0, 0.1) is 0 Å². The molecule has 2 heterocycles. The number of ether oxygens (including phenoxy) is 1. The Labute approximate surface area is 133 Å². The van der Waals surface area contributed by atoms with Crippen molar-refractivity contribution in [2.24, 2.45) is 0 Å². The summed E-state index contributed by atoms with van der Waals surface area (Å²) >= 11 is 0. The minimum absolute atomic E-state index is 0.0172. The fourth-order valence-electron chi connectivity index (χ4n) is 2.68. The number of benzene rings is 1. The number of hydrogen-bond donors (Lipinski definition) is 4. The molecule has 1 aromatic rings. The van der Waals surface area contributed by atoms with Crippen molar-refractivity contribution < 1.29 is 19.4 Å². The molecule has 0 unspecified atom stereocenters. The van der Waals surface area contributed by atoms with Crippen LogP contribution in [0.15, 0.2) is 18.2 Å². The Kier molecular flexibility index (Phi) is 4.35. The highest BCUT2D eigenvalue weighted by Gasteiger charge is 2.25. The fourth-order valence-corrected chi connectivity index (χ4v) is 2.68. The van der Waals surface area contributed by atoms with E-state index in [2.05, 4.69) is 16.0 Å². The number of rotatable bonds is 2. The molecule has 0 radical (unpaired) electrons. The van der Waals surface area contributed by atoms with Gasteiger partial charge in [-0.2, -0.15) is 0 Å². The lowest BCUT2D eigenvalue weighted by atomic mass is 10.0. The monoisotopic (exact) mass is 320 g/mol. The number of nitrogens with zero attached hydrogens (tertiary/aromatic N) is 1. The van der Waals surface area contributed by atoms with E-state index in [1.165, 1.54) is 4.90 Å². The molecule has 0 bridgehead atoms. The number of nitrogens with one attached hydrogen (secondary N) is 3. The molecule has 1 saturated heterocycles. The average Bonchev–Trinajstić information content (AvgIpc) is 2.54. The smallest absolute Gasteiger partial charge is 0.319 e.